The second-order valence-corrected chi connectivity index (χ2v) is 6.81. The Kier molecular flexibility index (Phi) is 7.69. The number of nitrogens with one attached hydrogen (secondary N) is 3. The van der Waals surface area contributed by atoms with Gasteiger partial charge >= 0.3 is 0 Å². The summed E-state index contributed by atoms with van der Waals surface area (Å²) in [5.74, 6) is 2.22. The summed E-state index contributed by atoms with van der Waals surface area (Å²) < 4.78 is 21.4. The van der Waals surface area contributed by atoms with Crippen molar-refractivity contribution in [3.63, 3.8) is 0 Å². The smallest absolute Gasteiger partial charge is 0.258 e. The Bertz CT molecular complexity index is 917. The van der Waals surface area contributed by atoms with Crippen molar-refractivity contribution in [3.8, 4) is 23.0 Å². The fourth-order valence-electron chi connectivity index (χ4n) is 3.31. The maximum absolute atomic E-state index is 12.5. The average molecular weight is 428 g/mol. The molecule has 0 bridgehead atoms. The molecule has 9 nitrogen and oxygen atoms in total. The van der Waals surface area contributed by atoms with E-state index in [0.29, 0.717) is 35.8 Å². The molecule has 2 aromatic rings. The first-order valence-corrected chi connectivity index (χ1v) is 9.96. The summed E-state index contributed by atoms with van der Waals surface area (Å²) in [7, 11) is 4.65. The van der Waals surface area contributed by atoms with Crippen molar-refractivity contribution >= 4 is 12.1 Å². The molecule has 0 aliphatic carbocycles. The van der Waals surface area contributed by atoms with Gasteiger partial charge in [-0.2, -0.15) is 5.10 Å². The normalized spacial score (nSPS) is 18.1. The van der Waals surface area contributed by atoms with Crippen LogP contribution in [-0.4, -0.2) is 46.1 Å². The fraction of sp³-hybridized carbons (Fsp3) is 0.364. The molecular weight excluding hydrogens is 400 g/mol. The van der Waals surface area contributed by atoms with E-state index in [4.69, 9.17) is 18.9 Å². The average Bonchev–Trinajstić information content (AvgIpc) is 3.29. The second-order valence-electron chi connectivity index (χ2n) is 6.81. The summed E-state index contributed by atoms with van der Waals surface area (Å²) >= 11 is 0. The molecule has 0 aromatic heterocycles. The maximum atomic E-state index is 12.5. The molecule has 1 aliphatic rings. The number of ether oxygens (including phenoxy) is 4. The number of methoxy groups -OCH3 is 3. The number of nitrogens with zero attached hydrogens (tertiary/aromatic N) is 1. The maximum Gasteiger partial charge on any atom is 0.258 e. The first-order valence-electron chi connectivity index (χ1n) is 9.96. The van der Waals surface area contributed by atoms with Crippen LogP contribution in [0.2, 0.25) is 0 Å². The monoisotopic (exact) mass is 428 g/mol. The van der Waals surface area contributed by atoms with Crippen LogP contribution >= 0.6 is 0 Å². The van der Waals surface area contributed by atoms with Gasteiger partial charge in [0.1, 0.15) is 17.5 Å². The lowest BCUT2D eigenvalue weighted by molar-refractivity contribution is -0.122. The molecule has 3 N–H and O–H groups in total. The summed E-state index contributed by atoms with van der Waals surface area (Å²) in [4.78, 5) is 12.5. The molecule has 0 spiro atoms. The van der Waals surface area contributed by atoms with Gasteiger partial charge in [-0.3, -0.25) is 4.79 Å². The van der Waals surface area contributed by atoms with Crippen LogP contribution in [-0.2, 0) is 4.79 Å². The molecule has 2 unspecified atom stereocenters. The van der Waals surface area contributed by atoms with Gasteiger partial charge in [-0.25, -0.2) is 16.3 Å². The van der Waals surface area contributed by atoms with E-state index in [0.717, 1.165) is 11.3 Å². The Balaban J connectivity index is 1.59. The van der Waals surface area contributed by atoms with Crippen LogP contribution in [0, 0.1) is 0 Å². The van der Waals surface area contributed by atoms with Crippen molar-refractivity contribution in [1.82, 2.24) is 16.3 Å². The third kappa shape index (κ3) is 5.44. The molecule has 0 saturated carbocycles. The highest BCUT2D eigenvalue weighted by molar-refractivity contribution is 5.87. The van der Waals surface area contributed by atoms with E-state index in [1.54, 1.807) is 33.5 Å². The number of hydrazine groups is 1. The zero-order chi connectivity index (χ0) is 22.2. The number of carbonyl (C=O) groups excluding carboxylic acids is 1. The van der Waals surface area contributed by atoms with Gasteiger partial charge < -0.3 is 18.9 Å². The third-order valence-electron chi connectivity index (χ3n) is 4.93. The zero-order valence-corrected chi connectivity index (χ0v) is 18.1. The molecule has 9 heteroatoms. The number of benzene rings is 2. The standard InChI is InChI=1S/C22H28N4O5/c1-5-31-16-8-6-14(7-9-16)17-11-18(25-24-17)22(27)26-23-13-15-10-20(29-3)21(30-4)12-19(15)28-2/h6-10,12-13,17-18,24-25H,5,11H2,1-4H3,(H,26,27)/b23-13+. The first kappa shape index (κ1) is 22.4. The van der Waals surface area contributed by atoms with Crippen LogP contribution in [0.15, 0.2) is 41.5 Å². The molecule has 1 heterocycles. The third-order valence-corrected chi connectivity index (χ3v) is 4.93. The van der Waals surface area contributed by atoms with Gasteiger partial charge in [-0.05, 0) is 37.1 Å². The lowest BCUT2D eigenvalue weighted by Crippen LogP contribution is -2.41. The summed E-state index contributed by atoms with van der Waals surface area (Å²) in [5, 5.41) is 4.07. The first-order chi connectivity index (χ1) is 15.1. The minimum atomic E-state index is -0.416. The van der Waals surface area contributed by atoms with Crippen LogP contribution in [0.3, 0.4) is 0 Å². The molecule has 0 radical (unpaired) electrons. The van der Waals surface area contributed by atoms with E-state index in [1.807, 2.05) is 31.2 Å². The van der Waals surface area contributed by atoms with Gasteiger partial charge in [0.2, 0.25) is 0 Å². The highest BCUT2D eigenvalue weighted by Gasteiger charge is 2.30. The number of rotatable bonds is 9. The van der Waals surface area contributed by atoms with Crippen molar-refractivity contribution in [1.29, 1.82) is 0 Å². The molecule has 2 aromatic carbocycles. The largest absolute Gasteiger partial charge is 0.496 e. The van der Waals surface area contributed by atoms with E-state index in [1.165, 1.54) is 6.21 Å². The van der Waals surface area contributed by atoms with Gasteiger partial charge in [-0.1, -0.05) is 12.1 Å². The summed E-state index contributed by atoms with van der Waals surface area (Å²) in [5.41, 5.74) is 10.5. The van der Waals surface area contributed by atoms with Gasteiger partial charge in [-0.15, -0.1) is 0 Å². The summed E-state index contributed by atoms with van der Waals surface area (Å²) in [6.45, 7) is 2.57. The van der Waals surface area contributed by atoms with Gasteiger partial charge in [0, 0.05) is 17.7 Å². The zero-order valence-electron chi connectivity index (χ0n) is 18.1. The molecule has 2 atom stereocenters. The number of hydrazone groups is 1. The highest BCUT2D eigenvalue weighted by atomic mass is 16.5. The number of hydrogen-bond donors (Lipinski definition) is 3. The van der Waals surface area contributed by atoms with Crippen molar-refractivity contribution in [2.45, 2.75) is 25.4 Å². The Labute approximate surface area is 181 Å². The number of carbonyl (C=O) groups is 1. The minimum Gasteiger partial charge on any atom is -0.496 e. The lowest BCUT2D eigenvalue weighted by Gasteiger charge is -2.12. The molecule has 3 rings (SSSR count). The topological polar surface area (TPSA) is 102 Å². The lowest BCUT2D eigenvalue weighted by atomic mass is 10.0. The predicted molar refractivity (Wildman–Crippen MR) is 117 cm³/mol. The van der Waals surface area contributed by atoms with Crippen molar-refractivity contribution in [3.05, 3.63) is 47.5 Å². The Morgan fingerprint density at radius 1 is 1.06 bits per heavy atom. The predicted octanol–water partition coefficient (Wildman–Crippen LogP) is 2.17. The number of amides is 1. The summed E-state index contributed by atoms with van der Waals surface area (Å²) in [6, 6.07) is 10.9. The van der Waals surface area contributed by atoms with Crippen molar-refractivity contribution in [2.75, 3.05) is 27.9 Å². The number of hydrogen-bond acceptors (Lipinski definition) is 8. The fourth-order valence-corrected chi connectivity index (χ4v) is 3.31. The Morgan fingerprint density at radius 2 is 1.74 bits per heavy atom. The summed E-state index contributed by atoms with van der Waals surface area (Å²) in [6.07, 6.45) is 2.10. The van der Waals surface area contributed by atoms with E-state index < -0.39 is 6.04 Å². The Hall–Kier alpha value is -3.30. The van der Waals surface area contributed by atoms with Crippen LogP contribution < -0.4 is 35.2 Å². The van der Waals surface area contributed by atoms with Crippen LogP contribution in [0.25, 0.3) is 0 Å². The van der Waals surface area contributed by atoms with Crippen LogP contribution in [0.1, 0.15) is 30.5 Å². The van der Waals surface area contributed by atoms with Gasteiger partial charge in [0.15, 0.2) is 11.5 Å². The van der Waals surface area contributed by atoms with Crippen LogP contribution in [0.5, 0.6) is 23.0 Å². The van der Waals surface area contributed by atoms with Crippen molar-refractivity contribution in [2.24, 2.45) is 5.10 Å². The van der Waals surface area contributed by atoms with Crippen LogP contribution in [0.4, 0.5) is 0 Å². The minimum absolute atomic E-state index is 0.0151. The molecule has 166 valence electrons. The van der Waals surface area contributed by atoms with Gasteiger partial charge in [0.05, 0.1) is 34.2 Å². The highest BCUT2D eigenvalue weighted by Crippen LogP contribution is 2.33. The van der Waals surface area contributed by atoms with E-state index in [9.17, 15) is 4.79 Å². The molecule has 31 heavy (non-hydrogen) atoms. The van der Waals surface area contributed by atoms with Crippen molar-refractivity contribution < 1.29 is 23.7 Å². The molecule has 1 amide bonds. The molecular formula is C22H28N4O5. The molecule has 1 saturated heterocycles. The SMILES string of the molecule is CCOc1ccc(C2CC(C(=O)N/N=C/c3cc(OC)c(OC)cc3OC)NN2)cc1. The molecule has 1 fully saturated rings. The quantitative estimate of drug-likeness (QED) is 0.416. The van der Waals surface area contributed by atoms with E-state index in [2.05, 4.69) is 21.4 Å². The van der Waals surface area contributed by atoms with Gasteiger partial charge in [0.25, 0.3) is 5.91 Å². The Morgan fingerprint density at radius 3 is 2.39 bits per heavy atom. The van der Waals surface area contributed by atoms with E-state index >= 15 is 0 Å². The second kappa shape index (κ2) is 10.6. The van der Waals surface area contributed by atoms with E-state index in [-0.39, 0.29) is 11.9 Å². The molecule has 1 aliphatic heterocycles.